The number of carbonyl (C=O) groups excluding carboxylic acids is 2. The van der Waals surface area contributed by atoms with E-state index in [0.717, 1.165) is 0 Å². The second-order valence-corrected chi connectivity index (χ2v) is 7.37. The van der Waals surface area contributed by atoms with Crippen LogP contribution >= 0.6 is 24.0 Å². The van der Waals surface area contributed by atoms with E-state index >= 15 is 0 Å². The van der Waals surface area contributed by atoms with Crippen molar-refractivity contribution in [3.8, 4) is 17.2 Å². The van der Waals surface area contributed by atoms with Crippen LogP contribution in [0.25, 0.3) is 6.08 Å². The van der Waals surface area contributed by atoms with Gasteiger partial charge in [0.15, 0.2) is 11.5 Å². The van der Waals surface area contributed by atoms with Crippen molar-refractivity contribution in [2.75, 3.05) is 14.2 Å². The van der Waals surface area contributed by atoms with Crippen molar-refractivity contribution in [3.63, 3.8) is 0 Å². The van der Waals surface area contributed by atoms with Crippen molar-refractivity contribution in [1.29, 1.82) is 0 Å². The Kier molecular flexibility index (Phi) is 6.05. The summed E-state index contributed by atoms with van der Waals surface area (Å²) >= 11 is 6.53. The van der Waals surface area contributed by atoms with Crippen molar-refractivity contribution in [2.45, 2.75) is 13.5 Å². The van der Waals surface area contributed by atoms with Gasteiger partial charge in [0.1, 0.15) is 10.1 Å². The van der Waals surface area contributed by atoms with Gasteiger partial charge in [0.2, 0.25) is 5.75 Å². The van der Waals surface area contributed by atoms with Crippen LogP contribution in [0.4, 0.5) is 0 Å². The molecule has 7 nitrogen and oxygen atoms in total. The normalized spacial score (nSPS) is 15.2. The zero-order valence-electron chi connectivity index (χ0n) is 15.4. The lowest BCUT2D eigenvalue weighted by Crippen LogP contribution is -2.27. The van der Waals surface area contributed by atoms with Crippen LogP contribution in [0.5, 0.6) is 17.2 Å². The van der Waals surface area contributed by atoms with E-state index in [0.29, 0.717) is 32.0 Å². The second-order valence-electron chi connectivity index (χ2n) is 5.70. The van der Waals surface area contributed by atoms with Gasteiger partial charge in [-0.15, -0.1) is 0 Å². The predicted octanol–water partition coefficient (Wildman–Crippen LogP) is 3.62. The van der Waals surface area contributed by atoms with Crippen molar-refractivity contribution < 1.29 is 28.2 Å². The van der Waals surface area contributed by atoms with Crippen molar-refractivity contribution in [1.82, 2.24) is 4.90 Å². The molecule has 146 valence electrons. The van der Waals surface area contributed by atoms with Gasteiger partial charge in [-0.2, -0.15) is 0 Å². The third-order valence-corrected chi connectivity index (χ3v) is 5.17. The molecule has 1 aliphatic rings. The van der Waals surface area contributed by atoms with E-state index in [-0.39, 0.29) is 18.2 Å². The van der Waals surface area contributed by atoms with E-state index in [1.54, 1.807) is 36.6 Å². The smallest absolute Gasteiger partial charge is 0.308 e. The molecule has 0 saturated carbocycles. The summed E-state index contributed by atoms with van der Waals surface area (Å²) in [5.74, 6) is 0.738. The van der Waals surface area contributed by atoms with Gasteiger partial charge in [-0.1, -0.05) is 24.0 Å². The summed E-state index contributed by atoms with van der Waals surface area (Å²) in [6, 6.07) is 6.84. The number of rotatable bonds is 6. The van der Waals surface area contributed by atoms with E-state index in [9.17, 15) is 9.59 Å². The first-order chi connectivity index (χ1) is 13.4. The molecule has 0 atom stereocenters. The third-order valence-electron chi connectivity index (χ3n) is 3.79. The third kappa shape index (κ3) is 4.20. The van der Waals surface area contributed by atoms with Crippen LogP contribution in [0.15, 0.2) is 39.9 Å². The number of hydrogen-bond acceptors (Lipinski definition) is 8. The molecule has 1 aromatic carbocycles. The van der Waals surface area contributed by atoms with E-state index < -0.39 is 5.97 Å². The highest BCUT2D eigenvalue weighted by Crippen LogP contribution is 2.41. The SMILES string of the molecule is COc1cc(C=C2SC(=S)N(Cc3ccco3)C2=O)cc(OC)c1OC(C)=O. The van der Waals surface area contributed by atoms with Crippen LogP contribution in [0.1, 0.15) is 18.2 Å². The van der Waals surface area contributed by atoms with Crippen LogP contribution in [0.2, 0.25) is 0 Å². The summed E-state index contributed by atoms with van der Waals surface area (Å²) in [5, 5.41) is 0. The predicted molar refractivity (Wildman–Crippen MR) is 108 cm³/mol. The fourth-order valence-corrected chi connectivity index (χ4v) is 3.83. The summed E-state index contributed by atoms with van der Waals surface area (Å²) in [6.07, 6.45) is 3.23. The van der Waals surface area contributed by atoms with Crippen molar-refractivity contribution >= 4 is 46.3 Å². The Balaban J connectivity index is 1.91. The quantitative estimate of drug-likeness (QED) is 0.304. The Labute approximate surface area is 171 Å². The minimum atomic E-state index is -0.497. The number of furan rings is 1. The molecule has 0 aliphatic carbocycles. The highest BCUT2D eigenvalue weighted by Gasteiger charge is 2.32. The standard InChI is InChI=1S/C19H17NO6S2/c1-11(21)26-17-14(23-2)7-12(8-15(17)24-3)9-16-18(22)20(19(27)28-16)10-13-5-4-6-25-13/h4-9H,10H2,1-3H3. The van der Waals surface area contributed by atoms with E-state index in [2.05, 4.69) is 0 Å². The Bertz CT molecular complexity index is 926. The zero-order chi connectivity index (χ0) is 20.3. The summed E-state index contributed by atoms with van der Waals surface area (Å²) in [6.45, 7) is 1.56. The maximum atomic E-state index is 12.7. The molecule has 2 aromatic rings. The average Bonchev–Trinajstić information content (AvgIpc) is 3.26. The number of amides is 1. The summed E-state index contributed by atoms with van der Waals surface area (Å²) < 4.78 is 21.5. The van der Waals surface area contributed by atoms with Crippen LogP contribution in [0, 0.1) is 0 Å². The first-order valence-electron chi connectivity index (χ1n) is 8.15. The van der Waals surface area contributed by atoms with Gasteiger partial charge < -0.3 is 18.6 Å². The van der Waals surface area contributed by atoms with Crippen molar-refractivity contribution in [2.24, 2.45) is 0 Å². The van der Waals surface area contributed by atoms with Gasteiger partial charge in [-0.3, -0.25) is 14.5 Å². The molecule has 1 fully saturated rings. The lowest BCUT2D eigenvalue weighted by molar-refractivity contribution is -0.132. The number of methoxy groups -OCH3 is 2. The van der Waals surface area contributed by atoms with Crippen LogP contribution < -0.4 is 14.2 Å². The fourth-order valence-electron chi connectivity index (χ4n) is 2.57. The number of esters is 1. The van der Waals surface area contributed by atoms with E-state index in [4.69, 9.17) is 30.8 Å². The highest BCUT2D eigenvalue weighted by atomic mass is 32.2. The molecule has 0 N–H and O–H groups in total. The largest absolute Gasteiger partial charge is 0.493 e. The van der Waals surface area contributed by atoms with Gasteiger partial charge in [0.05, 0.1) is 31.9 Å². The molecular formula is C19H17NO6S2. The molecule has 1 saturated heterocycles. The van der Waals surface area contributed by atoms with Gasteiger partial charge in [0, 0.05) is 6.92 Å². The summed E-state index contributed by atoms with van der Waals surface area (Å²) in [4.78, 5) is 26.0. The maximum Gasteiger partial charge on any atom is 0.308 e. The zero-order valence-corrected chi connectivity index (χ0v) is 17.0. The van der Waals surface area contributed by atoms with Crippen LogP contribution in [-0.4, -0.2) is 35.3 Å². The first-order valence-corrected chi connectivity index (χ1v) is 9.37. The molecule has 2 heterocycles. The minimum absolute atomic E-state index is 0.181. The Morgan fingerprint density at radius 1 is 1.29 bits per heavy atom. The van der Waals surface area contributed by atoms with Gasteiger partial charge in [0.25, 0.3) is 5.91 Å². The fraction of sp³-hybridized carbons (Fsp3) is 0.211. The van der Waals surface area contributed by atoms with Gasteiger partial charge in [-0.05, 0) is 35.9 Å². The number of ether oxygens (including phenoxy) is 3. The number of thiocarbonyl (C=S) groups is 1. The molecule has 28 heavy (non-hydrogen) atoms. The van der Waals surface area contributed by atoms with E-state index in [1.165, 1.54) is 37.8 Å². The van der Waals surface area contributed by atoms with Gasteiger partial charge in [-0.25, -0.2) is 0 Å². The number of thioether (sulfide) groups is 1. The van der Waals surface area contributed by atoms with E-state index in [1.807, 2.05) is 0 Å². The van der Waals surface area contributed by atoms with Crippen LogP contribution in [-0.2, 0) is 16.1 Å². The molecular weight excluding hydrogens is 402 g/mol. The summed E-state index contributed by atoms with van der Waals surface area (Å²) in [5.41, 5.74) is 0.642. The molecule has 1 amide bonds. The maximum absolute atomic E-state index is 12.7. The Hall–Kier alpha value is -2.78. The topological polar surface area (TPSA) is 78.2 Å². The lowest BCUT2D eigenvalue weighted by atomic mass is 10.1. The first kappa shape index (κ1) is 20.0. The molecule has 0 bridgehead atoms. The molecule has 3 rings (SSSR count). The number of hydrogen-bond donors (Lipinski definition) is 0. The molecule has 0 radical (unpaired) electrons. The molecule has 9 heteroatoms. The lowest BCUT2D eigenvalue weighted by Gasteiger charge is -2.13. The number of nitrogens with zero attached hydrogens (tertiary/aromatic N) is 1. The molecule has 1 aliphatic heterocycles. The molecule has 1 aromatic heterocycles. The summed E-state index contributed by atoms with van der Waals surface area (Å²) in [7, 11) is 2.91. The highest BCUT2D eigenvalue weighted by molar-refractivity contribution is 8.26. The van der Waals surface area contributed by atoms with Crippen LogP contribution in [0.3, 0.4) is 0 Å². The minimum Gasteiger partial charge on any atom is -0.493 e. The monoisotopic (exact) mass is 419 g/mol. The Morgan fingerprint density at radius 3 is 2.50 bits per heavy atom. The van der Waals surface area contributed by atoms with Crippen molar-refractivity contribution in [3.05, 3.63) is 46.8 Å². The Morgan fingerprint density at radius 2 is 1.96 bits per heavy atom. The average molecular weight is 419 g/mol. The molecule has 0 unspecified atom stereocenters. The number of carbonyl (C=O) groups is 2. The number of benzene rings is 1. The second kappa shape index (κ2) is 8.49. The molecule has 0 spiro atoms. The van der Waals surface area contributed by atoms with Gasteiger partial charge >= 0.3 is 5.97 Å².